The lowest BCUT2D eigenvalue weighted by Crippen LogP contribution is -2.48. The molecule has 0 aliphatic carbocycles. The summed E-state index contributed by atoms with van der Waals surface area (Å²) in [6, 6.07) is 9.15. The summed E-state index contributed by atoms with van der Waals surface area (Å²) in [6.07, 6.45) is 2.87. The molecule has 7 nitrogen and oxygen atoms in total. The minimum Gasteiger partial charge on any atom is -0.444 e. The third-order valence-electron chi connectivity index (χ3n) is 5.11. The van der Waals surface area contributed by atoms with Gasteiger partial charge in [-0.25, -0.2) is 4.79 Å². The van der Waals surface area contributed by atoms with E-state index in [1.165, 1.54) is 0 Å². The van der Waals surface area contributed by atoms with Crippen LogP contribution in [-0.4, -0.2) is 54.5 Å². The molecule has 0 radical (unpaired) electrons. The summed E-state index contributed by atoms with van der Waals surface area (Å²) >= 11 is 0. The van der Waals surface area contributed by atoms with E-state index in [1.54, 1.807) is 17.0 Å². The molecule has 2 aliphatic heterocycles. The Morgan fingerprint density at radius 1 is 1.03 bits per heavy atom. The average molecular weight is 405 g/mol. The lowest BCUT2D eigenvalue weighted by Gasteiger charge is -2.36. The largest absolute Gasteiger partial charge is 0.444 e. The monoisotopic (exact) mass is 404 g/mol. The molecule has 2 atom stereocenters. The lowest BCUT2D eigenvalue weighted by atomic mass is 9.98. The van der Waals surface area contributed by atoms with E-state index in [1.807, 2.05) is 39.0 Å². The summed E-state index contributed by atoms with van der Waals surface area (Å²) < 4.78 is 17.0. The van der Waals surface area contributed by atoms with Crippen molar-refractivity contribution in [2.24, 2.45) is 5.92 Å². The number of benzene rings is 1. The van der Waals surface area contributed by atoms with Crippen LogP contribution in [0.4, 0.5) is 4.79 Å². The smallest absolute Gasteiger partial charge is 0.410 e. The number of ether oxygens (including phenoxy) is 3. The van der Waals surface area contributed by atoms with Crippen molar-refractivity contribution >= 4 is 12.1 Å². The Hall–Kier alpha value is -2.12. The minimum absolute atomic E-state index is 0.0612. The number of esters is 1. The van der Waals surface area contributed by atoms with Crippen molar-refractivity contribution in [3.63, 3.8) is 0 Å². The summed E-state index contributed by atoms with van der Waals surface area (Å²) in [5.74, 6) is 0.213. The Morgan fingerprint density at radius 2 is 1.72 bits per heavy atom. The van der Waals surface area contributed by atoms with E-state index >= 15 is 0 Å². The maximum Gasteiger partial charge on any atom is 0.410 e. The second-order valence-corrected chi connectivity index (χ2v) is 8.71. The molecule has 2 saturated heterocycles. The maximum atomic E-state index is 12.3. The van der Waals surface area contributed by atoms with Gasteiger partial charge in [0.05, 0.1) is 12.0 Å². The van der Waals surface area contributed by atoms with Gasteiger partial charge in [0.25, 0.3) is 0 Å². The zero-order chi connectivity index (χ0) is 20.9. The summed E-state index contributed by atoms with van der Waals surface area (Å²) in [7, 11) is 0. The first-order valence-electron chi connectivity index (χ1n) is 10.4. The number of nitrogens with zero attached hydrogens (tertiary/aromatic N) is 1. The highest BCUT2D eigenvalue weighted by molar-refractivity contribution is 5.75. The number of amides is 1. The molecule has 1 amide bonds. The summed E-state index contributed by atoms with van der Waals surface area (Å²) in [5, 5.41) is 3.32. The molecule has 0 spiro atoms. The van der Waals surface area contributed by atoms with Crippen LogP contribution in [0.5, 0.6) is 5.75 Å². The normalized spacial score (nSPS) is 23.5. The number of rotatable bonds is 4. The average Bonchev–Trinajstić information content (AvgIpc) is 2.68. The second-order valence-electron chi connectivity index (χ2n) is 8.71. The molecule has 3 rings (SSSR count). The van der Waals surface area contributed by atoms with E-state index in [9.17, 15) is 9.59 Å². The molecule has 0 saturated carbocycles. The van der Waals surface area contributed by atoms with Crippen molar-refractivity contribution in [2.75, 3.05) is 19.6 Å². The number of likely N-dealkylation sites (tertiary alicyclic amines) is 1. The number of nitrogens with one attached hydrogen (secondary N) is 1. The molecule has 2 unspecified atom stereocenters. The van der Waals surface area contributed by atoms with Gasteiger partial charge in [-0.15, -0.1) is 0 Å². The van der Waals surface area contributed by atoms with Crippen LogP contribution >= 0.6 is 0 Å². The molecule has 1 aromatic rings. The molecule has 1 aromatic carbocycles. The van der Waals surface area contributed by atoms with Crippen molar-refractivity contribution in [3.05, 3.63) is 30.3 Å². The summed E-state index contributed by atoms with van der Waals surface area (Å²) in [6.45, 7) is 7.44. The molecule has 2 heterocycles. The summed E-state index contributed by atoms with van der Waals surface area (Å²) in [4.78, 5) is 26.2. The zero-order valence-electron chi connectivity index (χ0n) is 17.6. The third-order valence-corrected chi connectivity index (χ3v) is 5.11. The standard InChI is InChI=1S/C22H32N2O5/c1-22(2,3)29-21(26)24-13-11-18(12-14-24)27-19-10-9-16(15-23-19)20(25)28-17-7-5-4-6-8-17/h4-8,16,18-19,23H,9-15H2,1-3H3. The van der Waals surface area contributed by atoms with Crippen molar-refractivity contribution in [3.8, 4) is 5.75 Å². The first-order valence-corrected chi connectivity index (χ1v) is 10.4. The van der Waals surface area contributed by atoms with Crippen LogP contribution in [0.2, 0.25) is 0 Å². The van der Waals surface area contributed by atoms with Gasteiger partial charge < -0.3 is 19.1 Å². The van der Waals surface area contributed by atoms with Gasteiger partial charge in [-0.05, 0) is 58.6 Å². The van der Waals surface area contributed by atoms with Gasteiger partial charge in [-0.3, -0.25) is 10.1 Å². The van der Waals surface area contributed by atoms with Gasteiger partial charge in [0, 0.05) is 19.6 Å². The molecular weight excluding hydrogens is 372 g/mol. The van der Waals surface area contributed by atoms with Crippen molar-refractivity contribution in [1.29, 1.82) is 0 Å². The van der Waals surface area contributed by atoms with Crippen LogP contribution in [0.3, 0.4) is 0 Å². The van der Waals surface area contributed by atoms with E-state index in [-0.39, 0.29) is 30.3 Å². The Bertz CT molecular complexity index is 672. The number of piperidine rings is 2. The molecule has 1 N–H and O–H groups in total. The fourth-order valence-electron chi connectivity index (χ4n) is 3.57. The first kappa shape index (κ1) is 21.6. The van der Waals surface area contributed by atoms with E-state index in [0.29, 0.717) is 25.4 Å². The summed E-state index contributed by atoms with van der Waals surface area (Å²) in [5.41, 5.74) is -0.478. The lowest BCUT2D eigenvalue weighted by molar-refractivity contribution is -0.141. The molecule has 29 heavy (non-hydrogen) atoms. The van der Waals surface area contributed by atoms with Gasteiger partial charge in [0.15, 0.2) is 0 Å². The van der Waals surface area contributed by atoms with Gasteiger partial charge >= 0.3 is 12.1 Å². The Morgan fingerprint density at radius 3 is 2.31 bits per heavy atom. The SMILES string of the molecule is CC(C)(C)OC(=O)N1CCC(OC2CCC(C(=O)Oc3ccccc3)CN2)CC1. The highest BCUT2D eigenvalue weighted by atomic mass is 16.6. The zero-order valence-corrected chi connectivity index (χ0v) is 17.6. The number of hydrogen-bond acceptors (Lipinski definition) is 6. The third kappa shape index (κ3) is 6.72. The Balaban J connectivity index is 1.36. The molecular formula is C22H32N2O5. The fraction of sp³-hybridized carbons (Fsp3) is 0.636. The number of hydrogen-bond donors (Lipinski definition) is 1. The quantitative estimate of drug-likeness (QED) is 0.613. The van der Waals surface area contributed by atoms with E-state index < -0.39 is 5.60 Å². The van der Waals surface area contributed by atoms with Crippen LogP contribution in [0.15, 0.2) is 30.3 Å². The van der Waals surface area contributed by atoms with Gasteiger partial charge in [-0.1, -0.05) is 18.2 Å². The molecule has 7 heteroatoms. The van der Waals surface area contributed by atoms with Crippen LogP contribution in [0.1, 0.15) is 46.5 Å². The molecule has 2 fully saturated rings. The Kier molecular flexibility index (Phi) is 7.14. The van der Waals surface area contributed by atoms with Gasteiger partial charge in [-0.2, -0.15) is 0 Å². The maximum absolute atomic E-state index is 12.3. The molecule has 160 valence electrons. The molecule has 2 aliphatic rings. The molecule has 0 aromatic heterocycles. The van der Waals surface area contributed by atoms with Crippen molar-refractivity contribution < 1.29 is 23.8 Å². The Labute approximate surface area is 172 Å². The number of carbonyl (C=O) groups is 2. The number of para-hydroxylation sites is 1. The fourth-order valence-corrected chi connectivity index (χ4v) is 3.57. The van der Waals surface area contributed by atoms with Gasteiger partial charge in [0.2, 0.25) is 0 Å². The van der Waals surface area contributed by atoms with Crippen LogP contribution in [0.25, 0.3) is 0 Å². The van der Waals surface area contributed by atoms with Crippen LogP contribution < -0.4 is 10.1 Å². The van der Waals surface area contributed by atoms with E-state index in [2.05, 4.69) is 5.32 Å². The van der Waals surface area contributed by atoms with Gasteiger partial charge in [0.1, 0.15) is 17.6 Å². The van der Waals surface area contributed by atoms with E-state index in [0.717, 1.165) is 25.7 Å². The first-order chi connectivity index (χ1) is 13.8. The second kappa shape index (κ2) is 9.59. The van der Waals surface area contributed by atoms with E-state index in [4.69, 9.17) is 14.2 Å². The van der Waals surface area contributed by atoms with Crippen LogP contribution in [-0.2, 0) is 14.3 Å². The highest BCUT2D eigenvalue weighted by Crippen LogP contribution is 2.23. The predicted octanol–water partition coefficient (Wildman–Crippen LogP) is 3.33. The minimum atomic E-state index is -0.478. The van der Waals surface area contributed by atoms with Crippen molar-refractivity contribution in [1.82, 2.24) is 10.2 Å². The highest BCUT2D eigenvalue weighted by Gasteiger charge is 2.31. The van der Waals surface area contributed by atoms with Crippen LogP contribution in [0, 0.1) is 5.92 Å². The predicted molar refractivity (Wildman–Crippen MR) is 109 cm³/mol. The number of carbonyl (C=O) groups excluding carboxylic acids is 2. The van der Waals surface area contributed by atoms with Crippen molar-refractivity contribution in [2.45, 2.75) is 64.4 Å². The molecule has 0 bridgehead atoms. The topological polar surface area (TPSA) is 77.1 Å².